The zero-order valence-corrected chi connectivity index (χ0v) is 14.2. The number of benzene rings is 1. The number of hydrogen-bond donors (Lipinski definition) is 2. The third kappa shape index (κ3) is 4.07. The summed E-state index contributed by atoms with van der Waals surface area (Å²) >= 11 is 0. The number of carbonyl (C=O) groups is 1. The Balaban J connectivity index is 1.47. The van der Waals surface area contributed by atoms with Crippen molar-refractivity contribution in [3.05, 3.63) is 30.1 Å². The van der Waals surface area contributed by atoms with Gasteiger partial charge < -0.3 is 15.8 Å². The third-order valence-electron chi connectivity index (χ3n) is 5.48. The van der Waals surface area contributed by atoms with E-state index >= 15 is 0 Å². The average Bonchev–Trinajstić information content (AvgIpc) is 2.52. The molecule has 3 rings (SSSR count). The minimum atomic E-state index is -0.325. The molecule has 132 valence electrons. The lowest BCUT2D eigenvalue weighted by molar-refractivity contribution is -0.128. The van der Waals surface area contributed by atoms with Crippen LogP contribution in [0.25, 0.3) is 0 Å². The Hall–Kier alpha value is -1.62. The van der Waals surface area contributed by atoms with Crippen LogP contribution in [-0.4, -0.2) is 24.6 Å². The first-order valence-corrected chi connectivity index (χ1v) is 8.98. The maximum absolute atomic E-state index is 13.2. The second kappa shape index (κ2) is 7.51. The van der Waals surface area contributed by atoms with Crippen LogP contribution in [0.5, 0.6) is 5.75 Å². The van der Waals surface area contributed by atoms with Crippen LogP contribution >= 0.6 is 0 Å². The third-order valence-corrected chi connectivity index (χ3v) is 5.48. The summed E-state index contributed by atoms with van der Waals surface area (Å²) in [7, 11) is 0. The molecule has 0 radical (unpaired) electrons. The van der Waals surface area contributed by atoms with E-state index in [1.165, 1.54) is 18.6 Å². The normalized spacial score (nSPS) is 30.5. The van der Waals surface area contributed by atoms with Crippen LogP contribution in [-0.2, 0) is 4.79 Å². The number of ether oxygens (including phenoxy) is 1. The highest BCUT2D eigenvalue weighted by molar-refractivity contribution is 5.78. The molecule has 4 nitrogen and oxygen atoms in total. The molecule has 3 atom stereocenters. The van der Waals surface area contributed by atoms with Gasteiger partial charge in [-0.2, -0.15) is 0 Å². The molecular formula is C19H27FN2O2. The first-order chi connectivity index (χ1) is 11.5. The minimum absolute atomic E-state index is 0.0708. The topological polar surface area (TPSA) is 64.4 Å². The zero-order chi connectivity index (χ0) is 17.1. The molecule has 0 saturated heterocycles. The molecule has 3 N–H and O–H groups in total. The number of nitrogens with two attached hydrogens (primary N) is 1. The second-order valence-electron chi connectivity index (χ2n) is 7.33. The second-order valence-corrected chi connectivity index (χ2v) is 7.33. The summed E-state index contributed by atoms with van der Waals surface area (Å²) in [5, 5.41) is 2.99. The average molecular weight is 334 g/mol. The smallest absolute Gasteiger partial charge is 0.223 e. The van der Waals surface area contributed by atoms with Gasteiger partial charge in [-0.15, -0.1) is 0 Å². The van der Waals surface area contributed by atoms with E-state index < -0.39 is 0 Å². The van der Waals surface area contributed by atoms with E-state index in [4.69, 9.17) is 10.5 Å². The number of rotatable bonds is 5. The Kier molecular flexibility index (Phi) is 5.39. The maximum atomic E-state index is 13.2. The molecule has 2 aliphatic rings. The summed E-state index contributed by atoms with van der Waals surface area (Å²) in [6, 6.07) is 6.33. The predicted octanol–water partition coefficient (Wildman–Crippen LogP) is 2.86. The summed E-state index contributed by atoms with van der Waals surface area (Å²) in [5.41, 5.74) is 6.28. The van der Waals surface area contributed by atoms with E-state index in [-0.39, 0.29) is 29.8 Å². The van der Waals surface area contributed by atoms with Gasteiger partial charge >= 0.3 is 0 Å². The van der Waals surface area contributed by atoms with Gasteiger partial charge in [0.15, 0.2) is 0 Å². The molecule has 0 aliphatic heterocycles. The minimum Gasteiger partial charge on any atom is -0.489 e. The van der Waals surface area contributed by atoms with Crippen molar-refractivity contribution in [1.29, 1.82) is 0 Å². The Morgan fingerprint density at radius 3 is 2.75 bits per heavy atom. The first-order valence-electron chi connectivity index (χ1n) is 8.98. The fourth-order valence-corrected chi connectivity index (χ4v) is 4.21. The van der Waals surface area contributed by atoms with Crippen molar-refractivity contribution in [2.75, 3.05) is 6.54 Å². The number of amides is 1. The molecule has 0 spiro atoms. The lowest BCUT2D eigenvalue weighted by atomic mass is 9.65. The van der Waals surface area contributed by atoms with Gasteiger partial charge in [-0.05, 0) is 56.6 Å². The van der Waals surface area contributed by atoms with Crippen LogP contribution in [0.1, 0.15) is 39.0 Å². The number of carbonyl (C=O) groups excluding carboxylic acids is 1. The molecular weight excluding hydrogens is 307 g/mol. The molecule has 2 bridgehead atoms. The van der Waals surface area contributed by atoms with Crippen LogP contribution in [0.15, 0.2) is 24.3 Å². The molecule has 0 heterocycles. The van der Waals surface area contributed by atoms with Gasteiger partial charge in [-0.1, -0.05) is 12.5 Å². The van der Waals surface area contributed by atoms with Gasteiger partial charge in [0.2, 0.25) is 5.91 Å². The molecule has 2 aliphatic carbocycles. The van der Waals surface area contributed by atoms with Crippen molar-refractivity contribution in [2.45, 2.75) is 51.2 Å². The molecule has 3 unspecified atom stereocenters. The molecule has 1 aromatic carbocycles. The van der Waals surface area contributed by atoms with E-state index in [1.807, 2.05) is 6.92 Å². The van der Waals surface area contributed by atoms with E-state index in [2.05, 4.69) is 5.32 Å². The van der Waals surface area contributed by atoms with Crippen LogP contribution in [0.4, 0.5) is 4.39 Å². The summed E-state index contributed by atoms with van der Waals surface area (Å²) in [6.07, 6.45) is 5.16. The molecule has 5 heteroatoms. The van der Waals surface area contributed by atoms with Crippen LogP contribution in [0.3, 0.4) is 0 Å². The summed E-state index contributed by atoms with van der Waals surface area (Å²) in [6.45, 7) is 2.30. The van der Waals surface area contributed by atoms with E-state index in [0.717, 1.165) is 25.7 Å². The van der Waals surface area contributed by atoms with Crippen molar-refractivity contribution in [3.63, 3.8) is 0 Å². The fraction of sp³-hybridized carbons (Fsp3) is 0.632. The Bertz CT molecular complexity index is 566. The molecule has 1 amide bonds. The molecule has 2 saturated carbocycles. The molecule has 1 aromatic rings. The van der Waals surface area contributed by atoms with Gasteiger partial charge in [0, 0.05) is 18.0 Å². The summed E-state index contributed by atoms with van der Waals surface area (Å²) < 4.78 is 18.8. The van der Waals surface area contributed by atoms with E-state index in [0.29, 0.717) is 24.1 Å². The van der Waals surface area contributed by atoms with Crippen LogP contribution in [0, 0.1) is 23.6 Å². The summed E-state index contributed by atoms with van der Waals surface area (Å²) in [5.74, 6) is 1.32. The monoisotopic (exact) mass is 334 g/mol. The molecule has 0 aromatic heterocycles. The lowest BCUT2D eigenvalue weighted by Gasteiger charge is -2.43. The van der Waals surface area contributed by atoms with Gasteiger partial charge in [-0.25, -0.2) is 4.39 Å². The summed E-state index contributed by atoms with van der Waals surface area (Å²) in [4.78, 5) is 12.5. The fourth-order valence-electron chi connectivity index (χ4n) is 4.21. The van der Waals surface area contributed by atoms with Gasteiger partial charge in [0.05, 0.1) is 6.54 Å². The first kappa shape index (κ1) is 17.2. The molecule has 24 heavy (non-hydrogen) atoms. The quantitative estimate of drug-likeness (QED) is 0.870. The maximum Gasteiger partial charge on any atom is 0.223 e. The SMILES string of the molecule is CC(CNC(=O)C1CC2CCCC(C1)C2N)Oc1cccc(F)c1. The van der Waals surface area contributed by atoms with Crippen LogP contribution < -0.4 is 15.8 Å². The predicted molar refractivity (Wildman–Crippen MR) is 91.0 cm³/mol. The van der Waals surface area contributed by atoms with Crippen molar-refractivity contribution in [1.82, 2.24) is 5.32 Å². The van der Waals surface area contributed by atoms with Crippen molar-refractivity contribution >= 4 is 5.91 Å². The Labute approximate surface area is 142 Å². The standard InChI is InChI=1S/C19H27FN2O2/c1-12(24-17-7-3-6-16(20)10-17)11-22-19(23)15-8-13-4-2-5-14(9-15)18(13)21/h3,6-7,10,12-15,18H,2,4-5,8-9,11,21H2,1H3,(H,22,23). The van der Waals surface area contributed by atoms with Crippen molar-refractivity contribution in [3.8, 4) is 5.75 Å². The number of nitrogens with one attached hydrogen (secondary N) is 1. The number of hydrogen-bond acceptors (Lipinski definition) is 3. The Morgan fingerprint density at radius 2 is 2.08 bits per heavy atom. The van der Waals surface area contributed by atoms with E-state index in [9.17, 15) is 9.18 Å². The van der Waals surface area contributed by atoms with Gasteiger partial charge in [0.1, 0.15) is 17.7 Å². The zero-order valence-electron chi connectivity index (χ0n) is 14.2. The largest absolute Gasteiger partial charge is 0.489 e. The van der Waals surface area contributed by atoms with Gasteiger partial charge in [-0.3, -0.25) is 4.79 Å². The molecule has 2 fully saturated rings. The van der Waals surface area contributed by atoms with Gasteiger partial charge in [0.25, 0.3) is 0 Å². The van der Waals surface area contributed by atoms with Crippen molar-refractivity contribution in [2.24, 2.45) is 23.5 Å². The number of fused-ring (bicyclic) bond motifs is 2. The van der Waals surface area contributed by atoms with Crippen molar-refractivity contribution < 1.29 is 13.9 Å². The lowest BCUT2D eigenvalue weighted by Crippen LogP contribution is -2.49. The highest BCUT2D eigenvalue weighted by atomic mass is 19.1. The van der Waals surface area contributed by atoms with E-state index in [1.54, 1.807) is 12.1 Å². The van der Waals surface area contributed by atoms with Crippen LogP contribution in [0.2, 0.25) is 0 Å². The Morgan fingerprint density at radius 1 is 1.38 bits per heavy atom. The highest BCUT2D eigenvalue weighted by Crippen LogP contribution is 2.41. The number of halogens is 1. The highest BCUT2D eigenvalue weighted by Gasteiger charge is 2.40.